The molecule has 0 radical (unpaired) electrons. The number of carbonyl (C=O) groups is 1. The largest absolute Gasteiger partial charge is 0.367 e. The number of hydrogen-bond donors (Lipinski definition) is 0. The van der Waals surface area contributed by atoms with Gasteiger partial charge < -0.3 is 14.0 Å². The number of carbonyl (C=O) groups excluding carboxylic acids is 1. The molecule has 1 atom stereocenters. The molecule has 25 heavy (non-hydrogen) atoms. The third-order valence-electron chi connectivity index (χ3n) is 4.37. The van der Waals surface area contributed by atoms with Gasteiger partial charge in [-0.1, -0.05) is 6.07 Å². The topological polar surface area (TPSA) is 72.6 Å². The Kier molecular flexibility index (Phi) is 3.93. The van der Waals surface area contributed by atoms with E-state index in [4.69, 9.17) is 4.74 Å². The second kappa shape index (κ2) is 6.25. The molecule has 0 aliphatic carbocycles. The fourth-order valence-electron chi connectivity index (χ4n) is 3.03. The molecule has 0 N–H and O–H groups in total. The lowest BCUT2D eigenvalue weighted by molar-refractivity contribution is -0.0270. The van der Waals surface area contributed by atoms with Gasteiger partial charge >= 0.3 is 0 Å². The predicted octanol–water partition coefficient (Wildman–Crippen LogP) is 1.95. The average Bonchev–Trinajstić information content (AvgIpc) is 3.07. The van der Waals surface area contributed by atoms with Gasteiger partial charge in [-0.25, -0.2) is 15.0 Å². The molecule has 0 aromatic carbocycles. The summed E-state index contributed by atoms with van der Waals surface area (Å²) in [6, 6.07) is 7.66. The van der Waals surface area contributed by atoms with E-state index in [9.17, 15) is 4.79 Å². The van der Waals surface area contributed by atoms with Gasteiger partial charge in [0.2, 0.25) is 0 Å². The van der Waals surface area contributed by atoms with Gasteiger partial charge in [-0.15, -0.1) is 0 Å². The van der Waals surface area contributed by atoms with E-state index in [0.717, 1.165) is 17.0 Å². The van der Waals surface area contributed by atoms with Crippen LogP contribution in [0.15, 0.2) is 36.7 Å². The molecule has 3 aromatic rings. The Hall–Kier alpha value is -2.80. The molecule has 1 amide bonds. The zero-order valence-corrected chi connectivity index (χ0v) is 14.2. The van der Waals surface area contributed by atoms with Crippen LogP contribution in [0.1, 0.15) is 33.8 Å². The van der Waals surface area contributed by atoms with Crippen molar-refractivity contribution in [2.75, 3.05) is 19.7 Å². The lowest BCUT2D eigenvalue weighted by atomic mass is 10.2. The highest BCUT2D eigenvalue weighted by Crippen LogP contribution is 2.21. The molecule has 0 bridgehead atoms. The highest BCUT2D eigenvalue weighted by atomic mass is 16.5. The second-order valence-electron chi connectivity index (χ2n) is 6.19. The summed E-state index contributed by atoms with van der Waals surface area (Å²) >= 11 is 0. The molecule has 0 saturated carbocycles. The monoisotopic (exact) mass is 337 g/mol. The van der Waals surface area contributed by atoms with Gasteiger partial charge in [0.05, 0.1) is 13.2 Å². The molecule has 1 saturated heterocycles. The highest BCUT2D eigenvalue weighted by molar-refractivity contribution is 5.93. The third kappa shape index (κ3) is 2.98. The van der Waals surface area contributed by atoms with Gasteiger partial charge in [-0.2, -0.15) is 0 Å². The zero-order valence-electron chi connectivity index (χ0n) is 14.2. The molecule has 0 unspecified atom stereocenters. The number of amides is 1. The molecule has 7 nitrogen and oxygen atoms in total. The number of imidazole rings is 1. The number of pyridine rings is 1. The first-order chi connectivity index (χ1) is 12.1. The molecule has 1 fully saturated rings. The Bertz CT molecular complexity index is 936. The Balaban J connectivity index is 1.57. The van der Waals surface area contributed by atoms with Crippen LogP contribution in [0.4, 0.5) is 0 Å². The quantitative estimate of drug-likeness (QED) is 0.715. The van der Waals surface area contributed by atoms with Crippen molar-refractivity contribution in [1.82, 2.24) is 24.3 Å². The van der Waals surface area contributed by atoms with Crippen molar-refractivity contribution in [3.63, 3.8) is 0 Å². The van der Waals surface area contributed by atoms with E-state index in [1.807, 2.05) is 42.5 Å². The first-order valence-corrected chi connectivity index (χ1v) is 8.27. The van der Waals surface area contributed by atoms with Crippen molar-refractivity contribution in [1.29, 1.82) is 0 Å². The molecule has 4 heterocycles. The van der Waals surface area contributed by atoms with Gasteiger partial charge in [0.15, 0.2) is 5.82 Å². The number of nitrogens with zero attached hydrogens (tertiary/aromatic N) is 5. The van der Waals surface area contributed by atoms with Crippen LogP contribution in [0.3, 0.4) is 0 Å². The van der Waals surface area contributed by atoms with Crippen LogP contribution in [-0.2, 0) is 4.74 Å². The van der Waals surface area contributed by atoms with E-state index >= 15 is 0 Å². The Morgan fingerprint density at radius 3 is 2.92 bits per heavy atom. The standard InChI is InChI=1S/C18H19N5O2/c1-12-6-7-19-17(20-12)15-11-22(8-9-25-15)18(24)14-10-23-13(2)4-3-5-16(23)21-14/h3-7,10,15H,8-9,11H2,1-2H3/t15-/m0/s1. The van der Waals surface area contributed by atoms with Crippen LogP contribution in [-0.4, -0.2) is 49.9 Å². The minimum absolute atomic E-state index is 0.0935. The molecule has 128 valence electrons. The Labute approximate surface area is 145 Å². The number of fused-ring (bicyclic) bond motifs is 1. The summed E-state index contributed by atoms with van der Waals surface area (Å²) in [4.78, 5) is 27.8. The summed E-state index contributed by atoms with van der Waals surface area (Å²) in [5, 5.41) is 0. The van der Waals surface area contributed by atoms with E-state index in [-0.39, 0.29) is 12.0 Å². The summed E-state index contributed by atoms with van der Waals surface area (Å²) in [6.07, 6.45) is 3.20. The van der Waals surface area contributed by atoms with Crippen molar-refractivity contribution in [3.05, 3.63) is 59.6 Å². The maximum absolute atomic E-state index is 12.9. The molecule has 1 aliphatic heterocycles. The van der Waals surface area contributed by atoms with Crippen LogP contribution in [0, 0.1) is 13.8 Å². The number of ether oxygens (including phenoxy) is 1. The van der Waals surface area contributed by atoms with Gasteiger partial charge in [0.1, 0.15) is 17.4 Å². The van der Waals surface area contributed by atoms with Crippen molar-refractivity contribution >= 4 is 11.6 Å². The maximum atomic E-state index is 12.9. The molecular weight excluding hydrogens is 318 g/mol. The van der Waals surface area contributed by atoms with Gasteiger partial charge in [0, 0.05) is 30.3 Å². The summed E-state index contributed by atoms with van der Waals surface area (Å²) in [5.41, 5.74) is 3.14. The highest BCUT2D eigenvalue weighted by Gasteiger charge is 2.29. The molecular formula is C18H19N5O2. The normalized spacial score (nSPS) is 17.8. The first kappa shape index (κ1) is 15.7. The Morgan fingerprint density at radius 1 is 1.24 bits per heavy atom. The van der Waals surface area contributed by atoms with Gasteiger partial charge in [0.25, 0.3) is 5.91 Å². The predicted molar refractivity (Wildman–Crippen MR) is 91.3 cm³/mol. The first-order valence-electron chi connectivity index (χ1n) is 8.27. The number of aromatic nitrogens is 4. The fourth-order valence-corrected chi connectivity index (χ4v) is 3.03. The van der Waals surface area contributed by atoms with Crippen LogP contribution in [0.2, 0.25) is 0 Å². The van der Waals surface area contributed by atoms with Crippen LogP contribution < -0.4 is 0 Å². The third-order valence-corrected chi connectivity index (χ3v) is 4.37. The van der Waals surface area contributed by atoms with Crippen molar-refractivity contribution in [3.8, 4) is 0 Å². The lowest BCUT2D eigenvalue weighted by Gasteiger charge is -2.31. The smallest absolute Gasteiger partial charge is 0.274 e. The zero-order chi connectivity index (χ0) is 17.4. The van der Waals surface area contributed by atoms with Gasteiger partial charge in [-0.3, -0.25) is 4.79 Å². The molecule has 7 heteroatoms. The summed E-state index contributed by atoms with van der Waals surface area (Å²) in [7, 11) is 0. The lowest BCUT2D eigenvalue weighted by Crippen LogP contribution is -2.42. The molecule has 3 aromatic heterocycles. The minimum Gasteiger partial charge on any atom is -0.367 e. The van der Waals surface area contributed by atoms with E-state index in [2.05, 4.69) is 15.0 Å². The van der Waals surface area contributed by atoms with Crippen molar-refractivity contribution in [2.45, 2.75) is 20.0 Å². The average molecular weight is 337 g/mol. The fraction of sp³-hybridized carbons (Fsp3) is 0.333. The molecule has 0 spiro atoms. The SMILES string of the molecule is Cc1ccnc([C@@H]2CN(C(=O)c3cn4c(C)cccc4n3)CCO2)n1. The van der Waals surface area contributed by atoms with Crippen LogP contribution in [0.5, 0.6) is 0 Å². The summed E-state index contributed by atoms with van der Waals surface area (Å²) in [5.74, 6) is 0.521. The maximum Gasteiger partial charge on any atom is 0.274 e. The van der Waals surface area contributed by atoms with E-state index in [1.165, 1.54) is 0 Å². The summed E-state index contributed by atoms with van der Waals surface area (Å²) < 4.78 is 7.69. The number of hydrogen-bond acceptors (Lipinski definition) is 5. The summed E-state index contributed by atoms with van der Waals surface area (Å²) in [6.45, 7) is 5.32. The van der Waals surface area contributed by atoms with E-state index in [0.29, 0.717) is 31.2 Å². The minimum atomic E-state index is -0.309. The number of rotatable bonds is 2. The van der Waals surface area contributed by atoms with Crippen molar-refractivity contribution in [2.24, 2.45) is 0 Å². The Morgan fingerprint density at radius 2 is 2.12 bits per heavy atom. The number of morpholine rings is 1. The van der Waals surface area contributed by atoms with Crippen LogP contribution in [0.25, 0.3) is 5.65 Å². The van der Waals surface area contributed by atoms with Crippen molar-refractivity contribution < 1.29 is 9.53 Å². The number of aryl methyl sites for hydroxylation is 2. The molecule has 1 aliphatic rings. The van der Waals surface area contributed by atoms with Crippen LogP contribution >= 0.6 is 0 Å². The second-order valence-corrected chi connectivity index (χ2v) is 6.19. The van der Waals surface area contributed by atoms with E-state index in [1.54, 1.807) is 17.3 Å². The van der Waals surface area contributed by atoms with E-state index < -0.39 is 0 Å². The molecule has 4 rings (SSSR count). The van der Waals surface area contributed by atoms with Gasteiger partial charge in [-0.05, 0) is 32.0 Å².